The minimum Gasteiger partial charge on any atom is -0.489 e. The fourth-order valence-corrected chi connectivity index (χ4v) is 2.79. The first-order valence-corrected chi connectivity index (χ1v) is 9.16. The molecular formula is C24H26N2O. The van der Waals surface area contributed by atoms with Crippen LogP contribution >= 0.6 is 0 Å². The van der Waals surface area contributed by atoms with Gasteiger partial charge in [-0.1, -0.05) is 42.0 Å². The molecule has 0 aromatic heterocycles. The van der Waals surface area contributed by atoms with Crippen molar-refractivity contribution >= 4 is 11.9 Å². The predicted octanol–water partition coefficient (Wildman–Crippen LogP) is 5.95. The summed E-state index contributed by atoms with van der Waals surface area (Å²) in [6.07, 6.45) is 1.81. The minimum absolute atomic E-state index is 0.564. The Bertz CT molecular complexity index is 960. The molecule has 0 aliphatic heterocycles. The molecule has 0 unspecified atom stereocenters. The number of nitrogens with zero attached hydrogens (tertiary/aromatic N) is 1. The van der Waals surface area contributed by atoms with E-state index < -0.39 is 0 Å². The Hall–Kier alpha value is -3.07. The lowest BCUT2D eigenvalue weighted by atomic mass is 10.1. The predicted molar refractivity (Wildman–Crippen MR) is 114 cm³/mol. The Kier molecular flexibility index (Phi) is 5.92. The largest absolute Gasteiger partial charge is 0.489 e. The maximum absolute atomic E-state index is 5.98. The molecule has 0 radical (unpaired) electrons. The van der Waals surface area contributed by atoms with Crippen LogP contribution < -0.4 is 10.2 Å². The van der Waals surface area contributed by atoms with Crippen molar-refractivity contribution in [1.82, 2.24) is 0 Å². The summed E-state index contributed by atoms with van der Waals surface area (Å²) < 4.78 is 5.98. The van der Waals surface area contributed by atoms with E-state index in [4.69, 9.17) is 4.74 Å². The van der Waals surface area contributed by atoms with Gasteiger partial charge in [0.2, 0.25) is 0 Å². The van der Waals surface area contributed by atoms with Gasteiger partial charge in [0.15, 0.2) is 0 Å². The molecule has 3 nitrogen and oxygen atoms in total. The van der Waals surface area contributed by atoms with Crippen LogP contribution in [0.15, 0.2) is 65.8 Å². The van der Waals surface area contributed by atoms with Crippen molar-refractivity contribution in [3.63, 3.8) is 0 Å². The molecule has 0 heterocycles. The Morgan fingerprint density at radius 1 is 0.852 bits per heavy atom. The minimum atomic E-state index is 0.564. The average Bonchev–Trinajstić information content (AvgIpc) is 2.66. The number of hydrogen-bond acceptors (Lipinski definition) is 3. The van der Waals surface area contributed by atoms with Gasteiger partial charge >= 0.3 is 0 Å². The lowest BCUT2D eigenvalue weighted by Gasteiger charge is -2.10. The van der Waals surface area contributed by atoms with Crippen molar-refractivity contribution < 1.29 is 4.74 Å². The molecule has 0 spiro atoms. The molecular weight excluding hydrogens is 332 g/mol. The van der Waals surface area contributed by atoms with Crippen molar-refractivity contribution in [2.24, 2.45) is 5.10 Å². The maximum atomic E-state index is 5.98. The highest BCUT2D eigenvalue weighted by molar-refractivity contribution is 5.80. The van der Waals surface area contributed by atoms with Crippen molar-refractivity contribution in [1.29, 1.82) is 0 Å². The van der Waals surface area contributed by atoms with Crippen LogP contribution in [0.1, 0.15) is 33.4 Å². The Morgan fingerprint density at radius 2 is 1.67 bits per heavy atom. The molecule has 0 aliphatic rings. The normalized spacial score (nSPS) is 11.0. The van der Waals surface area contributed by atoms with Gasteiger partial charge < -0.3 is 4.74 Å². The van der Waals surface area contributed by atoms with Gasteiger partial charge in [-0.25, -0.2) is 0 Å². The van der Waals surface area contributed by atoms with Crippen molar-refractivity contribution in [3.8, 4) is 5.75 Å². The zero-order chi connectivity index (χ0) is 19.2. The van der Waals surface area contributed by atoms with E-state index in [1.54, 1.807) is 6.21 Å². The summed E-state index contributed by atoms with van der Waals surface area (Å²) in [5, 5.41) is 4.34. The molecule has 0 saturated heterocycles. The smallest absolute Gasteiger partial charge is 0.120 e. The Balaban J connectivity index is 1.62. The molecule has 0 bridgehead atoms. The zero-order valence-corrected chi connectivity index (χ0v) is 16.4. The van der Waals surface area contributed by atoms with E-state index in [1.807, 2.05) is 30.3 Å². The third-order valence-electron chi connectivity index (χ3n) is 4.67. The number of aryl methyl sites for hydroxylation is 4. The second kappa shape index (κ2) is 8.54. The van der Waals surface area contributed by atoms with Gasteiger partial charge in [-0.3, -0.25) is 5.43 Å². The van der Waals surface area contributed by atoms with Gasteiger partial charge in [-0.05, 0) is 79.8 Å². The summed E-state index contributed by atoms with van der Waals surface area (Å²) in [5.74, 6) is 0.839. The number of ether oxygens (including phenoxy) is 1. The number of anilines is 1. The lowest BCUT2D eigenvalue weighted by Crippen LogP contribution is -1.99. The molecule has 0 amide bonds. The summed E-state index contributed by atoms with van der Waals surface area (Å²) in [6, 6.07) is 20.6. The number of rotatable bonds is 6. The molecule has 3 aromatic rings. The molecule has 3 rings (SSSR count). The quantitative estimate of drug-likeness (QED) is 0.437. The Labute approximate surface area is 161 Å². The van der Waals surface area contributed by atoms with Crippen LogP contribution in [-0.4, -0.2) is 6.21 Å². The second-order valence-electron chi connectivity index (χ2n) is 6.96. The van der Waals surface area contributed by atoms with E-state index in [0.29, 0.717) is 6.61 Å². The van der Waals surface area contributed by atoms with Gasteiger partial charge in [-0.15, -0.1) is 0 Å². The number of benzene rings is 3. The first kappa shape index (κ1) is 18.7. The SMILES string of the molecule is Cc1ccc(C)c(COc2cccc(C=NNc3ccc(C)c(C)c3)c2)c1. The standard InChI is InChI=1S/C24H26N2O/c1-17-8-9-19(3)22(12-17)16-27-24-7-5-6-21(14-24)15-25-26-23-11-10-18(2)20(4)13-23/h5-15,26H,16H2,1-4H3. The Morgan fingerprint density at radius 3 is 2.48 bits per heavy atom. The summed E-state index contributed by atoms with van der Waals surface area (Å²) in [4.78, 5) is 0. The molecule has 1 N–H and O–H groups in total. The first-order chi connectivity index (χ1) is 13.0. The van der Waals surface area contributed by atoms with Crippen LogP contribution in [-0.2, 0) is 6.61 Å². The van der Waals surface area contributed by atoms with E-state index in [2.05, 4.69) is 68.6 Å². The third kappa shape index (κ3) is 5.20. The fraction of sp³-hybridized carbons (Fsp3) is 0.208. The maximum Gasteiger partial charge on any atom is 0.120 e. The third-order valence-corrected chi connectivity index (χ3v) is 4.67. The van der Waals surface area contributed by atoms with E-state index in [1.165, 1.54) is 27.8 Å². The lowest BCUT2D eigenvalue weighted by molar-refractivity contribution is 0.305. The van der Waals surface area contributed by atoms with Gasteiger partial charge in [-0.2, -0.15) is 5.10 Å². The van der Waals surface area contributed by atoms with Gasteiger partial charge in [0.1, 0.15) is 12.4 Å². The molecule has 138 valence electrons. The summed E-state index contributed by atoms with van der Waals surface area (Å²) in [6.45, 7) is 8.98. The molecule has 0 aliphatic carbocycles. The van der Waals surface area contributed by atoms with Crippen LogP contribution in [0, 0.1) is 27.7 Å². The number of hydrogen-bond donors (Lipinski definition) is 1. The second-order valence-corrected chi connectivity index (χ2v) is 6.96. The first-order valence-electron chi connectivity index (χ1n) is 9.16. The highest BCUT2D eigenvalue weighted by Crippen LogP contribution is 2.17. The molecule has 0 fully saturated rings. The van der Waals surface area contributed by atoms with Crippen LogP contribution in [0.3, 0.4) is 0 Å². The summed E-state index contributed by atoms with van der Waals surface area (Å²) >= 11 is 0. The number of nitrogens with one attached hydrogen (secondary N) is 1. The molecule has 3 heteroatoms. The highest BCUT2D eigenvalue weighted by atomic mass is 16.5. The van der Waals surface area contributed by atoms with Crippen molar-refractivity contribution in [3.05, 3.63) is 94.0 Å². The molecule has 0 saturated carbocycles. The molecule has 3 aromatic carbocycles. The van der Waals surface area contributed by atoms with Crippen LogP contribution in [0.4, 0.5) is 5.69 Å². The van der Waals surface area contributed by atoms with E-state index in [9.17, 15) is 0 Å². The summed E-state index contributed by atoms with van der Waals surface area (Å²) in [7, 11) is 0. The highest BCUT2D eigenvalue weighted by Gasteiger charge is 2.01. The van der Waals surface area contributed by atoms with Gasteiger partial charge in [0.05, 0.1) is 11.9 Å². The van der Waals surface area contributed by atoms with E-state index >= 15 is 0 Å². The fourth-order valence-electron chi connectivity index (χ4n) is 2.79. The van der Waals surface area contributed by atoms with Gasteiger partial charge in [0.25, 0.3) is 0 Å². The monoisotopic (exact) mass is 358 g/mol. The summed E-state index contributed by atoms with van der Waals surface area (Å²) in [5.41, 5.74) is 11.3. The van der Waals surface area contributed by atoms with Crippen molar-refractivity contribution in [2.45, 2.75) is 34.3 Å². The van der Waals surface area contributed by atoms with Crippen molar-refractivity contribution in [2.75, 3.05) is 5.43 Å². The van der Waals surface area contributed by atoms with Crippen LogP contribution in [0.2, 0.25) is 0 Å². The zero-order valence-electron chi connectivity index (χ0n) is 16.4. The average molecular weight is 358 g/mol. The molecule has 27 heavy (non-hydrogen) atoms. The topological polar surface area (TPSA) is 33.6 Å². The number of hydrazone groups is 1. The van der Waals surface area contributed by atoms with Crippen LogP contribution in [0.5, 0.6) is 5.75 Å². The van der Waals surface area contributed by atoms with E-state index in [-0.39, 0.29) is 0 Å². The van der Waals surface area contributed by atoms with Crippen LogP contribution in [0.25, 0.3) is 0 Å². The molecule has 0 atom stereocenters. The van der Waals surface area contributed by atoms with Gasteiger partial charge in [0, 0.05) is 0 Å². The van der Waals surface area contributed by atoms with E-state index in [0.717, 1.165) is 17.0 Å².